The van der Waals surface area contributed by atoms with Crippen molar-refractivity contribution in [3.8, 4) is 0 Å². The normalized spacial score (nSPS) is 31.8. The van der Waals surface area contributed by atoms with E-state index in [-0.39, 0.29) is 5.54 Å². The zero-order valence-corrected chi connectivity index (χ0v) is 10.4. The van der Waals surface area contributed by atoms with Crippen LogP contribution in [0.4, 0.5) is 0 Å². The Labute approximate surface area is 95.9 Å². The largest absolute Gasteiger partial charge is 0.325 e. The number of nitrogens with zero attached hydrogens (tertiary/aromatic N) is 1. The number of hydrogen-bond acceptors (Lipinski definition) is 3. The first kappa shape index (κ1) is 11.1. The summed E-state index contributed by atoms with van der Waals surface area (Å²) in [6.45, 7) is 4.39. The summed E-state index contributed by atoms with van der Waals surface area (Å²) in [5, 5.41) is 1.15. The summed E-state index contributed by atoms with van der Waals surface area (Å²) in [6, 6.07) is 0. The van der Waals surface area contributed by atoms with Crippen LogP contribution in [0.2, 0.25) is 0 Å². The van der Waals surface area contributed by atoms with Gasteiger partial charge in [-0.05, 0) is 38.5 Å². The smallest absolute Gasteiger partial charge is 0.0896 e. The quantitative estimate of drug-likeness (QED) is 0.839. The molecular weight excluding hydrogens is 204 g/mol. The Morgan fingerprint density at radius 1 is 1.53 bits per heavy atom. The summed E-state index contributed by atoms with van der Waals surface area (Å²) in [5.74, 6) is 0.866. The number of nitrogens with two attached hydrogens (primary N) is 1. The van der Waals surface area contributed by atoms with E-state index in [0.717, 1.165) is 17.3 Å². The fourth-order valence-corrected chi connectivity index (χ4v) is 3.30. The molecule has 2 rings (SSSR count). The van der Waals surface area contributed by atoms with Gasteiger partial charge in [0.1, 0.15) is 0 Å². The molecule has 0 radical (unpaired) electrons. The predicted molar refractivity (Wildman–Crippen MR) is 65.1 cm³/mol. The highest BCUT2D eigenvalue weighted by molar-refractivity contribution is 7.11. The van der Waals surface area contributed by atoms with Crippen molar-refractivity contribution >= 4 is 11.3 Å². The van der Waals surface area contributed by atoms with E-state index in [1.165, 1.54) is 30.6 Å². The van der Waals surface area contributed by atoms with E-state index >= 15 is 0 Å². The van der Waals surface area contributed by atoms with Gasteiger partial charge in [0.05, 0.1) is 5.01 Å². The van der Waals surface area contributed by atoms with Crippen LogP contribution >= 0.6 is 11.3 Å². The number of aromatic nitrogens is 1. The zero-order valence-electron chi connectivity index (χ0n) is 9.62. The lowest BCUT2D eigenvalue weighted by Gasteiger charge is -2.35. The summed E-state index contributed by atoms with van der Waals surface area (Å²) >= 11 is 1.79. The van der Waals surface area contributed by atoms with Crippen LogP contribution in [0.25, 0.3) is 0 Å². The highest BCUT2D eigenvalue weighted by Gasteiger charge is 2.30. The van der Waals surface area contributed by atoms with E-state index in [0.29, 0.717) is 0 Å². The molecule has 1 aliphatic carbocycles. The molecule has 0 spiro atoms. The Morgan fingerprint density at radius 2 is 2.20 bits per heavy atom. The molecule has 0 bridgehead atoms. The predicted octanol–water partition coefficient (Wildman–Crippen LogP) is 2.90. The molecule has 0 aliphatic heterocycles. The molecule has 3 heteroatoms. The Hall–Kier alpha value is -0.410. The van der Waals surface area contributed by atoms with Crippen LogP contribution in [0.3, 0.4) is 0 Å². The van der Waals surface area contributed by atoms with Crippen molar-refractivity contribution in [2.24, 2.45) is 11.7 Å². The molecule has 0 atom stereocenters. The van der Waals surface area contributed by atoms with Crippen molar-refractivity contribution in [2.75, 3.05) is 0 Å². The molecule has 1 aliphatic rings. The maximum atomic E-state index is 6.44. The van der Waals surface area contributed by atoms with Gasteiger partial charge >= 0.3 is 0 Å². The molecule has 2 N–H and O–H groups in total. The molecule has 0 aromatic carbocycles. The summed E-state index contributed by atoms with van der Waals surface area (Å²) < 4.78 is 0. The lowest BCUT2D eigenvalue weighted by molar-refractivity contribution is 0.244. The van der Waals surface area contributed by atoms with Crippen molar-refractivity contribution < 1.29 is 0 Å². The SMILES string of the molecule is Cc1ncc(CC2(N)CCC(C)CC2)s1. The van der Waals surface area contributed by atoms with Crippen molar-refractivity contribution in [1.29, 1.82) is 0 Å². The number of aryl methyl sites for hydroxylation is 1. The molecule has 0 unspecified atom stereocenters. The van der Waals surface area contributed by atoms with Gasteiger partial charge in [-0.2, -0.15) is 0 Å². The van der Waals surface area contributed by atoms with Crippen molar-refractivity contribution in [1.82, 2.24) is 4.98 Å². The van der Waals surface area contributed by atoms with E-state index in [1.54, 1.807) is 11.3 Å². The minimum Gasteiger partial charge on any atom is -0.325 e. The van der Waals surface area contributed by atoms with Crippen LogP contribution in [0, 0.1) is 12.8 Å². The Bertz CT molecular complexity index is 324. The van der Waals surface area contributed by atoms with Gasteiger partial charge < -0.3 is 5.73 Å². The van der Waals surface area contributed by atoms with Gasteiger partial charge in [0.15, 0.2) is 0 Å². The molecule has 0 amide bonds. The second-order valence-electron chi connectivity index (χ2n) is 5.07. The molecule has 0 saturated heterocycles. The second-order valence-corrected chi connectivity index (χ2v) is 6.39. The first-order chi connectivity index (χ1) is 7.07. The van der Waals surface area contributed by atoms with E-state index in [4.69, 9.17) is 5.73 Å². The maximum absolute atomic E-state index is 6.44. The molecule has 1 saturated carbocycles. The van der Waals surface area contributed by atoms with Crippen LogP contribution < -0.4 is 5.73 Å². The highest BCUT2D eigenvalue weighted by Crippen LogP contribution is 2.33. The third-order valence-electron chi connectivity index (χ3n) is 3.47. The molecule has 15 heavy (non-hydrogen) atoms. The molecule has 1 aromatic heterocycles. The average Bonchev–Trinajstić information content (AvgIpc) is 2.57. The van der Waals surface area contributed by atoms with Crippen molar-refractivity contribution in [2.45, 2.75) is 51.5 Å². The fourth-order valence-electron chi connectivity index (χ4n) is 2.35. The van der Waals surface area contributed by atoms with E-state index in [2.05, 4.69) is 18.8 Å². The van der Waals surface area contributed by atoms with Crippen LogP contribution in [0.15, 0.2) is 6.20 Å². The topological polar surface area (TPSA) is 38.9 Å². The van der Waals surface area contributed by atoms with Gasteiger partial charge in [-0.1, -0.05) is 6.92 Å². The van der Waals surface area contributed by atoms with Gasteiger partial charge in [0.2, 0.25) is 0 Å². The summed E-state index contributed by atoms with van der Waals surface area (Å²) in [5.41, 5.74) is 6.49. The lowest BCUT2D eigenvalue weighted by atomic mass is 9.76. The third kappa shape index (κ3) is 2.79. The Balaban J connectivity index is 1.99. The number of rotatable bonds is 2. The standard InChI is InChI=1S/C12H20N2S/c1-9-3-5-12(13,6-4-9)7-11-8-14-10(2)15-11/h8-9H,3-7,13H2,1-2H3. The first-order valence-corrected chi connectivity index (χ1v) is 6.59. The number of hydrogen-bond donors (Lipinski definition) is 1. The molecule has 2 nitrogen and oxygen atoms in total. The molecule has 1 heterocycles. The lowest BCUT2D eigenvalue weighted by Crippen LogP contribution is -2.44. The summed E-state index contributed by atoms with van der Waals surface area (Å²) in [6.07, 6.45) is 7.93. The third-order valence-corrected chi connectivity index (χ3v) is 4.38. The Kier molecular flexibility index (Phi) is 3.12. The molecule has 1 fully saturated rings. The van der Waals surface area contributed by atoms with Gasteiger partial charge in [-0.25, -0.2) is 4.98 Å². The second kappa shape index (κ2) is 4.22. The van der Waals surface area contributed by atoms with Gasteiger partial charge in [0.25, 0.3) is 0 Å². The summed E-state index contributed by atoms with van der Waals surface area (Å²) in [4.78, 5) is 5.64. The molecule has 1 aromatic rings. The van der Waals surface area contributed by atoms with Crippen molar-refractivity contribution in [3.05, 3.63) is 16.1 Å². The van der Waals surface area contributed by atoms with Gasteiger partial charge in [0, 0.05) is 23.0 Å². The van der Waals surface area contributed by atoms with E-state index in [9.17, 15) is 0 Å². The van der Waals surface area contributed by atoms with Crippen LogP contribution in [0.5, 0.6) is 0 Å². The van der Waals surface area contributed by atoms with Crippen molar-refractivity contribution in [3.63, 3.8) is 0 Å². The zero-order chi connectivity index (χ0) is 10.9. The van der Waals surface area contributed by atoms with Crippen LogP contribution in [-0.4, -0.2) is 10.5 Å². The van der Waals surface area contributed by atoms with E-state index in [1.807, 2.05) is 6.20 Å². The highest BCUT2D eigenvalue weighted by atomic mass is 32.1. The van der Waals surface area contributed by atoms with Crippen LogP contribution in [-0.2, 0) is 6.42 Å². The molecular formula is C12H20N2S. The van der Waals surface area contributed by atoms with Gasteiger partial charge in [-0.3, -0.25) is 0 Å². The molecule has 84 valence electrons. The van der Waals surface area contributed by atoms with E-state index < -0.39 is 0 Å². The first-order valence-electron chi connectivity index (χ1n) is 5.78. The van der Waals surface area contributed by atoms with Crippen LogP contribution in [0.1, 0.15) is 42.5 Å². The van der Waals surface area contributed by atoms with Gasteiger partial charge in [-0.15, -0.1) is 11.3 Å². The number of thiazole rings is 1. The average molecular weight is 224 g/mol. The monoisotopic (exact) mass is 224 g/mol. The fraction of sp³-hybridized carbons (Fsp3) is 0.750. The summed E-state index contributed by atoms with van der Waals surface area (Å²) in [7, 11) is 0. The maximum Gasteiger partial charge on any atom is 0.0896 e. The minimum atomic E-state index is 0.0471. The Morgan fingerprint density at radius 3 is 2.73 bits per heavy atom. The minimum absolute atomic E-state index is 0.0471.